The molecular weight excluding hydrogens is 380 g/mol. The number of nitrogens with one attached hydrogen (secondary N) is 2. The number of anilines is 3. The summed E-state index contributed by atoms with van der Waals surface area (Å²) in [5.74, 6) is 0.673. The SMILES string of the molecule is Cn1cc(Nc2cnc(C#N)cc2-c2ccn3nc(NC(=O)C4CC4)cc3c2)cn1. The van der Waals surface area contributed by atoms with E-state index in [4.69, 9.17) is 0 Å². The lowest BCUT2D eigenvalue weighted by Gasteiger charge is -2.11. The number of fused-ring (bicyclic) bond motifs is 1. The van der Waals surface area contributed by atoms with Crippen LogP contribution >= 0.6 is 0 Å². The van der Waals surface area contributed by atoms with Crippen LogP contribution in [0.2, 0.25) is 0 Å². The van der Waals surface area contributed by atoms with Gasteiger partial charge in [-0.25, -0.2) is 9.50 Å². The minimum atomic E-state index is 0.0226. The molecule has 5 rings (SSSR count). The van der Waals surface area contributed by atoms with Crippen LogP contribution in [-0.4, -0.2) is 30.3 Å². The molecule has 0 bridgehead atoms. The predicted octanol–water partition coefficient (Wildman–Crippen LogP) is 3.09. The zero-order chi connectivity index (χ0) is 20.7. The first-order valence-corrected chi connectivity index (χ1v) is 9.55. The second-order valence-electron chi connectivity index (χ2n) is 7.33. The van der Waals surface area contributed by atoms with E-state index in [-0.39, 0.29) is 11.8 Å². The molecule has 1 fully saturated rings. The first kappa shape index (κ1) is 17.9. The molecular formula is C21H18N8O. The maximum Gasteiger partial charge on any atom is 0.228 e. The van der Waals surface area contributed by atoms with E-state index in [9.17, 15) is 10.1 Å². The predicted molar refractivity (Wildman–Crippen MR) is 111 cm³/mol. The van der Waals surface area contributed by atoms with Crippen LogP contribution in [-0.2, 0) is 11.8 Å². The van der Waals surface area contributed by atoms with Crippen LogP contribution in [0.4, 0.5) is 17.2 Å². The minimum Gasteiger partial charge on any atom is -0.351 e. The van der Waals surface area contributed by atoms with Crippen LogP contribution < -0.4 is 10.6 Å². The fourth-order valence-electron chi connectivity index (χ4n) is 3.29. The summed E-state index contributed by atoms with van der Waals surface area (Å²) >= 11 is 0. The van der Waals surface area contributed by atoms with Gasteiger partial charge in [-0.1, -0.05) is 0 Å². The Morgan fingerprint density at radius 2 is 2.13 bits per heavy atom. The maximum absolute atomic E-state index is 12.0. The fraction of sp³-hybridized carbons (Fsp3) is 0.190. The molecule has 1 aliphatic carbocycles. The number of nitriles is 1. The van der Waals surface area contributed by atoms with Gasteiger partial charge in [0, 0.05) is 37.0 Å². The molecule has 148 valence electrons. The van der Waals surface area contributed by atoms with Crippen LogP contribution in [0.25, 0.3) is 16.6 Å². The third kappa shape index (κ3) is 3.46. The van der Waals surface area contributed by atoms with Gasteiger partial charge in [-0.05, 0) is 36.6 Å². The second-order valence-corrected chi connectivity index (χ2v) is 7.33. The number of pyridine rings is 2. The molecule has 1 saturated carbocycles. The lowest BCUT2D eigenvalue weighted by atomic mass is 10.0. The quantitative estimate of drug-likeness (QED) is 0.534. The van der Waals surface area contributed by atoms with E-state index in [0.29, 0.717) is 11.5 Å². The Kier molecular flexibility index (Phi) is 4.17. The maximum atomic E-state index is 12.0. The number of hydrogen-bond acceptors (Lipinski definition) is 6. The lowest BCUT2D eigenvalue weighted by Crippen LogP contribution is -2.13. The van der Waals surface area contributed by atoms with E-state index in [2.05, 4.69) is 31.9 Å². The van der Waals surface area contributed by atoms with Crippen molar-refractivity contribution in [3.05, 3.63) is 54.7 Å². The van der Waals surface area contributed by atoms with Crippen LogP contribution in [0.5, 0.6) is 0 Å². The lowest BCUT2D eigenvalue weighted by molar-refractivity contribution is -0.117. The summed E-state index contributed by atoms with van der Waals surface area (Å²) in [6.45, 7) is 0. The molecule has 4 aromatic heterocycles. The second kappa shape index (κ2) is 7.00. The number of aryl methyl sites for hydroxylation is 1. The highest BCUT2D eigenvalue weighted by Gasteiger charge is 2.30. The van der Waals surface area contributed by atoms with Crippen LogP contribution in [0.15, 0.2) is 49.1 Å². The van der Waals surface area contributed by atoms with Gasteiger partial charge in [-0.15, -0.1) is 0 Å². The third-order valence-corrected chi connectivity index (χ3v) is 4.98. The molecule has 0 saturated heterocycles. The molecule has 1 aliphatic rings. The summed E-state index contributed by atoms with van der Waals surface area (Å²) in [4.78, 5) is 16.2. The van der Waals surface area contributed by atoms with Crippen molar-refractivity contribution < 1.29 is 4.79 Å². The molecule has 0 aliphatic heterocycles. The Morgan fingerprint density at radius 3 is 2.87 bits per heavy atom. The summed E-state index contributed by atoms with van der Waals surface area (Å²) in [6, 6.07) is 9.55. The number of nitrogens with zero attached hydrogens (tertiary/aromatic N) is 6. The average molecular weight is 398 g/mol. The van der Waals surface area contributed by atoms with Gasteiger partial charge in [0.25, 0.3) is 0 Å². The zero-order valence-electron chi connectivity index (χ0n) is 16.2. The number of hydrogen-bond donors (Lipinski definition) is 2. The highest BCUT2D eigenvalue weighted by atomic mass is 16.2. The number of amides is 1. The van der Waals surface area contributed by atoms with Crippen molar-refractivity contribution in [1.82, 2.24) is 24.4 Å². The molecule has 0 spiro atoms. The topological polar surface area (TPSA) is 113 Å². The van der Waals surface area contributed by atoms with Gasteiger partial charge in [0.2, 0.25) is 5.91 Å². The van der Waals surface area contributed by atoms with Gasteiger partial charge < -0.3 is 10.6 Å². The molecule has 0 aromatic carbocycles. The largest absolute Gasteiger partial charge is 0.351 e. The Bertz CT molecular complexity index is 1310. The van der Waals surface area contributed by atoms with Gasteiger partial charge >= 0.3 is 0 Å². The summed E-state index contributed by atoms with van der Waals surface area (Å²) in [7, 11) is 1.84. The van der Waals surface area contributed by atoms with Crippen molar-refractivity contribution in [2.75, 3.05) is 10.6 Å². The van der Waals surface area contributed by atoms with Crippen molar-refractivity contribution in [2.45, 2.75) is 12.8 Å². The monoisotopic (exact) mass is 398 g/mol. The highest BCUT2D eigenvalue weighted by Crippen LogP contribution is 2.32. The van der Waals surface area contributed by atoms with Crippen LogP contribution in [0, 0.1) is 17.2 Å². The van der Waals surface area contributed by atoms with Crippen molar-refractivity contribution in [3.63, 3.8) is 0 Å². The Balaban J connectivity index is 1.51. The number of aromatic nitrogens is 5. The summed E-state index contributed by atoms with van der Waals surface area (Å²) in [5, 5.41) is 24.1. The molecule has 4 aromatic rings. The Morgan fingerprint density at radius 1 is 1.27 bits per heavy atom. The van der Waals surface area contributed by atoms with E-state index in [0.717, 1.165) is 40.9 Å². The molecule has 0 unspecified atom stereocenters. The van der Waals surface area contributed by atoms with Crippen LogP contribution in [0.3, 0.4) is 0 Å². The molecule has 1 amide bonds. The smallest absolute Gasteiger partial charge is 0.228 e. The van der Waals surface area contributed by atoms with E-state index in [1.54, 1.807) is 27.7 Å². The van der Waals surface area contributed by atoms with Crippen LogP contribution in [0.1, 0.15) is 18.5 Å². The summed E-state index contributed by atoms with van der Waals surface area (Å²) in [6.07, 6.45) is 8.94. The minimum absolute atomic E-state index is 0.0226. The van der Waals surface area contributed by atoms with Crippen molar-refractivity contribution in [3.8, 4) is 17.2 Å². The van der Waals surface area contributed by atoms with Gasteiger partial charge in [-0.2, -0.15) is 15.5 Å². The van der Waals surface area contributed by atoms with Gasteiger partial charge in [0.15, 0.2) is 5.82 Å². The van der Waals surface area contributed by atoms with E-state index < -0.39 is 0 Å². The standard InChI is InChI=1S/C21H18N8O/c1-28-12-16(10-24-28)25-19-11-23-15(9-22)7-18(19)14-4-5-29-17(6-14)8-20(27-29)26-21(30)13-2-3-13/h4-8,10-13,25H,2-3H2,1H3,(H,26,27,30). The van der Waals surface area contributed by atoms with Gasteiger partial charge in [0.1, 0.15) is 11.8 Å². The normalized spacial score (nSPS) is 13.2. The summed E-state index contributed by atoms with van der Waals surface area (Å²) in [5.41, 5.74) is 4.47. The molecule has 4 heterocycles. The van der Waals surface area contributed by atoms with E-state index in [1.165, 1.54) is 0 Å². The third-order valence-electron chi connectivity index (χ3n) is 4.98. The summed E-state index contributed by atoms with van der Waals surface area (Å²) < 4.78 is 3.42. The molecule has 0 atom stereocenters. The van der Waals surface area contributed by atoms with Crippen molar-refractivity contribution in [1.29, 1.82) is 5.26 Å². The highest BCUT2D eigenvalue weighted by molar-refractivity contribution is 5.94. The molecule has 30 heavy (non-hydrogen) atoms. The molecule has 2 N–H and O–H groups in total. The average Bonchev–Trinajstić information content (AvgIpc) is 3.41. The molecule has 9 heteroatoms. The van der Waals surface area contributed by atoms with Gasteiger partial charge in [0.05, 0.1) is 29.3 Å². The number of carbonyl (C=O) groups excluding carboxylic acids is 1. The Labute approximate surface area is 172 Å². The van der Waals surface area contributed by atoms with Crippen molar-refractivity contribution >= 4 is 28.6 Å². The zero-order valence-corrected chi connectivity index (χ0v) is 16.2. The molecule has 0 radical (unpaired) electrons. The van der Waals surface area contributed by atoms with E-state index >= 15 is 0 Å². The first-order chi connectivity index (χ1) is 14.6. The van der Waals surface area contributed by atoms with Crippen molar-refractivity contribution in [2.24, 2.45) is 13.0 Å². The Hall–Kier alpha value is -4.19. The fourth-order valence-corrected chi connectivity index (χ4v) is 3.29. The van der Waals surface area contributed by atoms with E-state index in [1.807, 2.05) is 37.6 Å². The first-order valence-electron chi connectivity index (χ1n) is 9.55. The number of rotatable bonds is 5. The molecule has 9 nitrogen and oxygen atoms in total. The number of carbonyl (C=O) groups is 1. The van der Waals surface area contributed by atoms with Gasteiger partial charge in [-0.3, -0.25) is 9.48 Å².